The Labute approximate surface area is 114 Å². The number of esters is 1. The summed E-state index contributed by atoms with van der Waals surface area (Å²) in [5.74, 6) is 0.0950. The lowest BCUT2D eigenvalue weighted by Gasteiger charge is -2.12. The molecule has 1 fully saturated rings. The van der Waals surface area contributed by atoms with Crippen molar-refractivity contribution < 1.29 is 19.4 Å². The van der Waals surface area contributed by atoms with Crippen LogP contribution in [-0.2, 0) is 9.53 Å². The zero-order valence-electron chi connectivity index (χ0n) is 10.1. The molecular formula is C13H15BrO4. The van der Waals surface area contributed by atoms with Gasteiger partial charge in [-0.3, -0.25) is 0 Å². The van der Waals surface area contributed by atoms with Gasteiger partial charge in [0.15, 0.2) is 6.10 Å². The lowest BCUT2D eigenvalue weighted by molar-refractivity contribution is -0.153. The van der Waals surface area contributed by atoms with Crippen molar-refractivity contribution in [1.82, 2.24) is 0 Å². The molecule has 5 heteroatoms. The summed E-state index contributed by atoms with van der Waals surface area (Å²) in [6.45, 7) is 1.95. The molecule has 1 aromatic carbocycles. The zero-order chi connectivity index (χ0) is 13.1. The van der Waals surface area contributed by atoms with Crippen LogP contribution < -0.4 is 4.74 Å². The summed E-state index contributed by atoms with van der Waals surface area (Å²) >= 11 is 3.37. The number of rotatable bonds is 5. The minimum absolute atomic E-state index is 0.250. The second kappa shape index (κ2) is 5.71. The first-order chi connectivity index (χ1) is 8.61. The maximum atomic E-state index is 11.4. The van der Waals surface area contributed by atoms with Crippen LogP contribution in [0.25, 0.3) is 0 Å². The third-order valence-corrected chi connectivity index (χ3v) is 3.22. The quantitative estimate of drug-likeness (QED) is 0.849. The first-order valence-corrected chi connectivity index (χ1v) is 6.72. The van der Waals surface area contributed by atoms with E-state index in [2.05, 4.69) is 15.9 Å². The Hall–Kier alpha value is -1.07. The summed E-state index contributed by atoms with van der Waals surface area (Å²) in [5, 5.41) is 9.79. The molecule has 1 unspecified atom stereocenters. The van der Waals surface area contributed by atoms with Crippen molar-refractivity contribution in [2.45, 2.75) is 32.0 Å². The maximum Gasteiger partial charge on any atom is 0.339 e. The van der Waals surface area contributed by atoms with E-state index in [1.807, 2.05) is 0 Å². The van der Waals surface area contributed by atoms with Crippen molar-refractivity contribution in [3.05, 3.63) is 28.2 Å². The van der Waals surface area contributed by atoms with Crippen LogP contribution >= 0.6 is 15.9 Å². The third kappa shape index (κ3) is 3.23. The number of ether oxygens (including phenoxy) is 2. The molecule has 1 saturated carbocycles. The van der Waals surface area contributed by atoms with Gasteiger partial charge in [-0.25, -0.2) is 4.79 Å². The van der Waals surface area contributed by atoms with Crippen LogP contribution in [-0.4, -0.2) is 23.8 Å². The number of aliphatic hydroxyl groups is 1. The number of aliphatic hydroxyl groups excluding tert-OH is 1. The molecule has 1 aliphatic carbocycles. The fourth-order valence-corrected chi connectivity index (χ4v) is 2.00. The number of hydrogen-bond acceptors (Lipinski definition) is 4. The summed E-state index contributed by atoms with van der Waals surface area (Å²) in [6, 6.07) is 5.10. The average molecular weight is 315 g/mol. The van der Waals surface area contributed by atoms with Crippen LogP contribution in [0.5, 0.6) is 5.75 Å². The number of benzene rings is 1. The normalized spacial score (nSPS) is 16.2. The van der Waals surface area contributed by atoms with E-state index in [1.165, 1.54) is 0 Å². The fraction of sp³-hybridized carbons (Fsp3) is 0.462. The van der Waals surface area contributed by atoms with Crippen LogP contribution in [0.2, 0.25) is 0 Å². The van der Waals surface area contributed by atoms with Gasteiger partial charge < -0.3 is 14.6 Å². The molecule has 0 spiro atoms. The van der Waals surface area contributed by atoms with E-state index < -0.39 is 12.1 Å². The van der Waals surface area contributed by atoms with Gasteiger partial charge >= 0.3 is 5.97 Å². The highest BCUT2D eigenvalue weighted by Gasteiger charge is 2.25. The number of carbonyl (C=O) groups is 1. The van der Waals surface area contributed by atoms with E-state index in [0.717, 1.165) is 23.1 Å². The first kappa shape index (κ1) is 13.4. The van der Waals surface area contributed by atoms with E-state index >= 15 is 0 Å². The Kier molecular flexibility index (Phi) is 4.24. The largest absolute Gasteiger partial charge is 0.489 e. The molecule has 0 amide bonds. The molecule has 1 aromatic rings. The van der Waals surface area contributed by atoms with E-state index in [9.17, 15) is 9.90 Å². The SMILES string of the molecule is CCOC(=O)C(O)c1ccc(OC2CC2)c(Br)c1. The van der Waals surface area contributed by atoms with Crippen molar-refractivity contribution in [2.24, 2.45) is 0 Å². The van der Waals surface area contributed by atoms with Gasteiger partial charge in [0, 0.05) is 0 Å². The van der Waals surface area contributed by atoms with Crippen molar-refractivity contribution in [2.75, 3.05) is 6.61 Å². The van der Waals surface area contributed by atoms with Crippen LogP contribution in [0.15, 0.2) is 22.7 Å². The van der Waals surface area contributed by atoms with Crippen LogP contribution in [0.4, 0.5) is 0 Å². The van der Waals surface area contributed by atoms with E-state index in [4.69, 9.17) is 9.47 Å². The van der Waals surface area contributed by atoms with Crippen LogP contribution in [0, 0.1) is 0 Å². The summed E-state index contributed by atoms with van der Waals surface area (Å²) in [4.78, 5) is 11.4. The van der Waals surface area contributed by atoms with Gasteiger partial charge in [-0.1, -0.05) is 6.07 Å². The van der Waals surface area contributed by atoms with Gasteiger partial charge in [0.2, 0.25) is 0 Å². The minimum Gasteiger partial charge on any atom is -0.489 e. The summed E-state index contributed by atoms with van der Waals surface area (Å²) in [7, 11) is 0. The van der Waals surface area contributed by atoms with Crippen LogP contribution in [0.1, 0.15) is 31.4 Å². The molecule has 0 aromatic heterocycles. The molecule has 0 heterocycles. The number of carbonyl (C=O) groups excluding carboxylic acids is 1. The fourth-order valence-electron chi connectivity index (χ4n) is 1.51. The van der Waals surface area contributed by atoms with Crippen LogP contribution in [0.3, 0.4) is 0 Å². The second-order valence-electron chi connectivity index (χ2n) is 4.16. The average Bonchev–Trinajstić information content (AvgIpc) is 3.15. The molecule has 1 N–H and O–H groups in total. The highest BCUT2D eigenvalue weighted by molar-refractivity contribution is 9.10. The first-order valence-electron chi connectivity index (χ1n) is 5.92. The Balaban J connectivity index is 2.09. The Bertz CT molecular complexity index is 443. The number of hydrogen-bond donors (Lipinski definition) is 1. The topological polar surface area (TPSA) is 55.8 Å². The predicted octanol–water partition coefficient (Wildman–Crippen LogP) is 2.59. The number of halogens is 1. The maximum absolute atomic E-state index is 11.4. The molecule has 1 aliphatic rings. The standard InChI is InChI=1S/C13H15BrO4/c1-2-17-13(16)12(15)8-3-6-11(10(14)7-8)18-9-4-5-9/h3,6-7,9,12,15H,2,4-5H2,1H3. The highest BCUT2D eigenvalue weighted by Crippen LogP contribution is 2.33. The van der Waals surface area contributed by atoms with Gasteiger partial charge in [0.1, 0.15) is 5.75 Å². The second-order valence-corrected chi connectivity index (χ2v) is 5.02. The monoisotopic (exact) mass is 314 g/mol. The molecule has 98 valence electrons. The Morgan fingerprint density at radius 2 is 2.28 bits per heavy atom. The third-order valence-electron chi connectivity index (χ3n) is 2.60. The lowest BCUT2D eigenvalue weighted by Crippen LogP contribution is -2.15. The molecule has 2 rings (SSSR count). The van der Waals surface area contributed by atoms with Crippen molar-refractivity contribution in [3.63, 3.8) is 0 Å². The minimum atomic E-state index is -1.25. The molecule has 0 radical (unpaired) electrons. The van der Waals surface area contributed by atoms with Gasteiger partial charge in [0.25, 0.3) is 0 Å². The lowest BCUT2D eigenvalue weighted by atomic mass is 10.1. The van der Waals surface area contributed by atoms with Crippen molar-refractivity contribution >= 4 is 21.9 Å². The molecule has 0 aliphatic heterocycles. The summed E-state index contributed by atoms with van der Waals surface area (Å²) in [5.41, 5.74) is 0.489. The highest BCUT2D eigenvalue weighted by atomic mass is 79.9. The smallest absolute Gasteiger partial charge is 0.339 e. The molecule has 0 saturated heterocycles. The molecule has 0 bridgehead atoms. The summed E-state index contributed by atoms with van der Waals surface area (Å²) < 4.78 is 11.2. The molecular weight excluding hydrogens is 300 g/mol. The van der Waals surface area contributed by atoms with Crippen molar-refractivity contribution in [1.29, 1.82) is 0 Å². The molecule has 4 nitrogen and oxygen atoms in total. The Morgan fingerprint density at radius 1 is 1.56 bits per heavy atom. The molecule has 1 atom stereocenters. The van der Waals surface area contributed by atoms with E-state index in [-0.39, 0.29) is 6.61 Å². The van der Waals surface area contributed by atoms with Gasteiger partial charge in [-0.15, -0.1) is 0 Å². The van der Waals surface area contributed by atoms with Crippen molar-refractivity contribution in [3.8, 4) is 5.75 Å². The summed E-state index contributed by atoms with van der Waals surface area (Å²) in [6.07, 6.45) is 1.22. The molecule has 18 heavy (non-hydrogen) atoms. The van der Waals surface area contributed by atoms with E-state index in [1.54, 1.807) is 25.1 Å². The Morgan fingerprint density at radius 3 is 2.83 bits per heavy atom. The van der Waals surface area contributed by atoms with Gasteiger partial charge in [-0.05, 0) is 53.4 Å². The predicted molar refractivity (Wildman–Crippen MR) is 69.4 cm³/mol. The zero-order valence-corrected chi connectivity index (χ0v) is 11.6. The van der Waals surface area contributed by atoms with Gasteiger partial charge in [-0.2, -0.15) is 0 Å². The van der Waals surface area contributed by atoms with Gasteiger partial charge in [0.05, 0.1) is 17.2 Å². The van der Waals surface area contributed by atoms with E-state index in [0.29, 0.717) is 11.7 Å².